The van der Waals surface area contributed by atoms with E-state index in [9.17, 15) is 9.90 Å². The molecule has 0 bridgehead atoms. The highest BCUT2D eigenvalue weighted by Crippen LogP contribution is 2.50. The average Bonchev–Trinajstić information content (AvgIpc) is 3.52. The Hall–Kier alpha value is -3.82. The number of benzene rings is 1. The van der Waals surface area contributed by atoms with Gasteiger partial charge in [-0.1, -0.05) is 18.2 Å². The molecule has 1 atom stereocenters. The Balaban J connectivity index is 1.32. The van der Waals surface area contributed by atoms with Crippen LogP contribution >= 0.6 is 0 Å². The van der Waals surface area contributed by atoms with Gasteiger partial charge in [0.1, 0.15) is 11.0 Å². The number of aliphatic hydroxyl groups is 1. The van der Waals surface area contributed by atoms with Gasteiger partial charge in [-0.2, -0.15) is 4.98 Å². The minimum Gasteiger partial charge on any atom is -0.384 e. The molecule has 0 radical (unpaired) electrons. The number of nitrogens with one attached hydrogen (secondary N) is 2. The van der Waals surface area contributed by atoms with Crippen LogP contribution in [0.2, 0.25) is 0 Å². The minimum atomic E-state index is -1.00. The van der Waals surface area contributed by atoms with E-state index in [1.54, 1.807) is 28.6 Å². The predicted molar refractivity (Wildman–Crippen MR) is 141 cm³/mol. The number of aromatic nitrogens is 5. The molecule has 1 aliphatic heterocycles. The van der Waals surface area contributed by atoms with E-state index in [1.807, 2.05) is 12.1 Å². The van der Waals surface area contributed by atoms with Crippen molar-refractivity contribution in [3.8, 4) is 5.82 Å². The summed E-state index contributed by atoms with van der Waals surface area (Å²) in [6, 6.07) is 10.3. The first-order chi connectivity index (χ1) is 17.9. The van der Waals surface area contributed by atoms with Crippen LogP contribution in [0.1, 0.15) is 48.6 Å². The standard InChI is InChI=1S/C28H29N7O2/c1-3-12-34-25(36)20-15-30-26(31-19-5-6-21-18(13-19)14-29-16-28(21)10-11-28)33-24(20)35(34)22-7-4-17-8-9-27(2,37)23(17)32-22/h3-7,13,15,29,37H,1,8-12,14,16H2,2H3,(H,30,31,33)/t27-/m1/s1. The van der Waals surface area contributed by atoms with Gasteiger partial charge in [0.05, 0.1) is 12.2 Å². The molecule has 1 saturated carbocycles. The van der Waals surface area contributed by atoms with Crippen LogP contribution in [-0.4, -0.2) is 36.0 Å². The molecule has 3 N–H and O–H groups in total. The van der Waals surface area contributed by atoms with E-state index in [4.69, 9.17) is 9.97 Å². The molecule has 7 rings (SSSR count). The fourth-order valence-electron chi connectivity index (χ4n) is 5.96. The van der Waals surface area contributed by atoms with Gasteiger partial charge in [0.2, 0.25) is 5.95 Å². The van der Waals surface area contributed by atoms with Crippen LogP contribution in [0.25, 0.3) is 16.9 Å². The number of hydrogen-bond donors (Lipinski definition) is 3. The summed E-state index contributed by atoms with van der Waals surface area (Å²) < 4.78 is 3.25. The SMILES string of the molecule is C=CCn1c(=O)c2cnc(Nc3ccc4c(c3)CNCC43CC3)nc2n1-c1ccc2c(n1)[C@](C)(O)CC2. The van der Waals surface area contributed by atoms with Gasteiger partial charge in [0.25, 0.3) is 5.56 Å². The summed E-state index contributed by atoms with van der Waals surface area (Å²) in [5, 5.41) is 18.1. The van der Waals surface area contributed by atoms with Crippen molar-refractivity contribution in [1.82, 2.24) is 29.6 Å². The summed E-state index contributed by atoms with van der Waals surface area (Å²) in [5.41, 5.74) is 4.88. The van der Waals surface area contributed by atoms with Crippen LogP contribution in [0.3, 0.4) is 0 Å². The zero-order valence-electron chi connectivity index (χ0n) is 20.8. The maximum Gasteiger partial charge on any atom is 0.278 e. The van der Waals surface area contributed by atoms with Crippen molar-refractivity contribution >= 4 is 22.7 Å². The lowest BCUT2D eigenvalue weighted by Crippen LogP contribution is -2.33. The van der Waals surface area contributed by atoms with Crippen LogP contribution in [0.4, 0.5) is 11.6 Å². The van der Waals surface area contributed by atoms with Crippen molar-refractivity contribution in [1.29, 1.82) is 0 Å². The summed E-state index contributed by atoms with van der Waals surface area (Å²) in [4.78, 5) is 27.3. The molecule has 4 aromatic rings. The molecule has 2 aliphatic carbocycles. The highest BCUT2D eigenvalue weighted by molar-refractivity contribution is 5.77. The highest BCUT2D eigenvalue weighted by atomic mass is 16.3. The van der Waals surface area contributed by atoms with Crippen LogP contribution in [-0.2, 0) is 30.5 Å². The van der Waals surface area contributed by atoms with Crippen LogP contribution in [0.15, 0.2) is 54.0 Å². The van der Waals surface area contributed by atoms with Gasteiger partial charge in [0, 0.05) is 30.4 Å². The Labute approximate surface area is 213 Å². The molecule has 37 heavy (non-hydrogen) atoms. The first-order valence-corrected chi connectivity index (χ1v) is 12.8. The highest BCUT2D eigenvalue weighted by Gasteiger charge is 2.46. The molecule has 1 spiro atoms. The van der Waals surface area contributed by atoms with Gasteiger partial charge >= 0.3 is 0 Å². The van der Waals surface area contributed by atoms with Gasteiger partial charge in [-0.25, -0.2) is 19.3 Å². The number of pyridine rings is 1. The summed E-state index contributed by atoms with van der Waals surface area (Å²) in [6.45, 7) is 7.79. The van der Waals surface area contributed by atoms with Crippen LogP contribution in [0, 0.1) is 0 Å². The first-order valence-electron chi connectivity index (χ1n) is 12.8. The van der Waals surface area contributed by atoms with Crippen molar-refractivity contribution in [2.75, 3.05) is 11.9 Å². The monoisotopic (exact) mass is 495 g/mol. The summed E-state index contributed by atoms with van der Waals surface area (Å²) in [6.07, 6.45) is 7.11. The Kier molecular flexibility index (Phi) is 4.74. The number of aryl methyl sites for hydroxylation is 1. The summed E-state index contributed by atoms with van der Waals surface area (Å²) in [7, 11) is 0. The van der Waals surface area contributed by atoms with Crippen molar-refractivity contribution in [3.05, 3.63) is 81.9 Å². The van der Waals surface area contributed by atoms with E-state index in [2.05, 4.69) is 40.4 Å². The summed E-state index contributed by atoms with van der Waals surface area (Å²) >= 11 is 0. The van der Waals surface area contributed by atoms with E-state index >= 15 is 0 Å². The maximum atomic E-state index is 13.3. The predicted octanol–water partition coefficient (Wildman–Crippen LogP) is 3.20. The molecular formula is C28H29N7O2. The molecule has 3 aromatic heterocycles. The Morgan fingerprint density at radius 2 is 2.05 bits per heavy atom. The number of rotatable bonds is 5. The third kappa shape index (κ3) is 3.45. The fourth-order valence-corrected chi connectivity index (χ4v) is 5.96. The Morgan fingerprint density at radius 1 is 1.19 bits per heavy atom. The molecule has 1 fully saturated rings. The number of fused-ring (bicyclic) bond motifs is 4. The molecule has 188 valence electrons. The molecule has 3 aliphatic rings. The van der Waals surface area contributed by atoms with Crippen LogP contribution < -0.4 is 16.2 Å². The van der Waals surface area contributed by atoms with E-state index in [0.29, 0.717) is 40.3 Å². The van der Waals surface area contributed by atoms with E-state index < -0.39 is 5.60 Å². The van der Waals surface area contributed by atoms with Gasteiger partial charge in [-0.05, 0) is 67.5 Å². The van der Waals surface area contributed by atoms with E-state index in [-0.39, 0.29) is 12.1 Å². The smallest absolute Gasteiger partial charge is 0.278 e. The quantitative estimate of drug-likeness (QED) is 0.365. The molecule has 0 saturated heterocycles. The van der Waals surface area contributed by atoms with Gasteiger partial charge in [0.15, 0.2) is 11.5 Å². The second-order valence-corrected chi connectivity index (χ2v) is 10.8. The largest absolute Gasteiger partial charge is 0.384 e. The number of nitrogens with zero attached hydrogens (tertiary/aromatic N) is 5. The number of hydrogen-bond acceptors (Lipinski definition) is 7. The summed E-state index contributed by atoms with van der Waals surface area (Å²) in [5.74, 6) is 0.920. The zero-order chi connectivity index (χ0) is 25.4. The van der Waals surface area contributed by atoms with E-state index in [0.717, 1.165) is 30.8 Å². The van der Waals surface area contributed by atoms with Gasteiger partial charge in [-0.3, -0.25) is 4.79 Å². The molecule has 9 nitrogen and oxygen atoms in total. The second-order valence-electron chi connectivity index (χ2n) is 10.8. The van der Waals surface area contributed by atoms with E-state index in [1.165, 1.54) is 24.0 Å². The lowest BCUT2D eigenvalue weighted by Gasteiger charge is -2.26. The lowest BCUT2D eigenvalue weighted by atomic mass is 9.88. The molecule has 1 aromatic carbocycles. The molecule has 0 amide bonds. The number of allylic oxidation sites excluding steroid dienone is 1. The normalized spacial score (nSPS) is 21.1. The molecule has 9 heteroatoms. The fraction of sp³-hybridized carbons (Fsp3) is 0.357. The van der Waals surface area contributed by atoms with Crippen LogP contribution in [0.5, 0.6) is 0 Å². The average molecular weight is 496 g/mol. The minimum absolute atomic E-state index is 0.218. The maximum absolute atomic E-state index is 13.3. The molecule has 0 unspecified atom stereocenters. The third-order valence-electron chi connectivity index (χ3n) is 8.12. The first kappa shape index (κ1) is 22.4. The zero-order valence-corrected chi connectivity index (χ0v) is 20.8. The third-order valence-corrected chi connectivity index (χ3v) is 8.12. The number of anilines is 2. The van der Waals surface area contributed by atoms with Gasteiger partial charge in [-0.15, -0.1) is 6.58 Å². The van der Waals surface area contributed by atoms with Crippen molar-refractivity contribution < 1.29 is 5.11 Å². The lowest BCUT2D eigenvalue weighted by molar-refractivity contribution is 0.0553. The Morgan fingerprint density at radius 3 is 2.86 bits per heavy atom. The van der Waals surface area contributed by atoms with Crippen molar-refractivity contribution in [3.63, 3.8) is 0 Å². The Bertz CT molecular complexity index is 1640. The molecule has 4 heterocycles. The molecular weight excluding hydrogens is 466 g/mol. The van der Waals surface area contributed by atoms with Gasteiger partial charge < -0.3 is 15.7 Å². The van der Waals surface area contributed by atoms with Crippen molar-refractivity contribution in [2.24, 2.45) is 0 Å². The second kappa shape index (κ2) is 7.84. The topological polar surface area (TPSA) is 110 Å². The van der Waals surface area contributed by atoms with Crippen molar-refractivity contribution in [2.45, 2.75) is 56.7 Å².